The van der Waals surface area contributed by atoms with Crippen LogP contribution in [0.15, 0.2) is 59.9 Å². The van der Waals surface area contributed by atoms with Gasteiger partial charge in [-0.3, -0.25) is 4.72 Å². The van der Waals surface area contributed by atoms with Gasteiger partial charge in [0.1, 0.15) is 22.2 Å². The number of sulfonamides is 1. The van der Waals surface area contributed by atoms with Gasteiger partial charge in [0.15, 0.2) is 0 Å². The van der Waals surface area contributed by atoms with E-state index in [1.165, 1.54) is 19.4 Å². The second kappa shape index (κ2) is 8.88. The molecule has 7 nitrogen and oxygen atoms in total. The van der Waals surface area contributed by atoms with Crippen molar-refractivity contribution in [2.75, 3.05) is 11.8 Å². The number of nitrogens with one attached hydrogen (secondary N) is 1. The van der Waals surface area contributed by atoms with Crippen LogP contribution in [0.25, 0.3) is 16.6 Å². The van der Waals surface area contributed by atoms with Gasteiger partial charge in [-0.25, -0.2) is 26.7 Å². The maximum absolute atomic E-state index is 14.1. The van der Waals surface area contributed by atoms with Crippen molar-refractivity contribution in [3.8, 4) is 28.8 Å². The predicted octanol–water partition coefficient (Wildman–Crippen LogP) is 4.25. The fourth-order valence-electron chi connectivity index (χ4n) is 3.18. The van der Waals surface area contributed by atoms with Crippen LogP contribution in [0.3, 0.4) is 0 Å². The molecule has 4 aromatic rings. The minimum atomic E-state index is -4.38. The molecule has 0 aliphatic heterocycles. The summed E-state index contributed by atoms with van der Waals surface area (Å²) in [5.41, 5.74) is 2.84. The van der Waals surface area contributed by atoms with Crippen LogP contribution >= 0.6 is 0 Å². The smallest absolute Gasteiger partial charge is 0.264 e. The van der Waals surface area contributed by atoms with Gasteiger partial charge in [-0.1, -0.05) is 18.8 Å². The molecule has 0 saturated carbocycles. The Morgan fingerprint density at radius 2 is 1.94 bits per heavy atom. The molecule has 0 radical (unpaired) electrons. The summed E-state index contributed by atoms with van der Waals surface area (Å²) in [6.45, 7) is 1.95. The van der Waals surface area contributed by atoms with Crippen LogP contribution in [-0.4, -0.2) is 30.1 Å². The van der Waals surface area contributed by atoms with Crippen LogP contribution in [-0.2, 0) is 10.0 Å². The average Bonchev–Trinajstić information content (AvgIpc) is 3.19. The first-order valence-electron chi connectivity index (χ1n) is 9.81. The Labute approximate surface area is 189 Å². The van der Waals surface area contributed by atoms with Gasteiger partial charge in [0.25, 0.3) is 10.0 Å². The fraction of sp³-hybridized carbons (Fsp3) is 0.130. The summed E-state index contributed by atoms with van der Waals surface area (Å²) >= 11 is 0. The Hall–Kier alpha value is -3.97. The number of hydrogen-bond donors (Lipinski definition) is 1. The van der Waals surface area contributed by atoms with Gasteiger partial charge in [-0.05, 0) is 35.9 Å². The quantitative estimate of drug-likeness (QED) is 0.443. The van der Waals surface area contributed by atoms with E-state index < -0.39 is 26.6 Å². The van der Waals surface area contributed by atoms with Crippen molar-refractivity contribution in [3.63, 3.8) is 0 Å². The normalized spacial score (nSPS) is 11.2. The summed E-state index contributed by atoms with van der Waals surface area (Å²) in [5.74, 6) is 3.97. The fourth-order valence-corrected chi connectivity index (χ4v) is 4.29. The number of fused-ring (bicyclic) bond motifs is 1. The number of pyridine rings is 2. The molecule has 0 atom stereocenters. The van der Waals surface area contributed by atoms with E-state index >= 15 is 0 Å². The zero-order valence-electron chi connectivity index (χ0n) is 17.6. The van der Waals surface area contributed by atoms with E-state index in [9.17, 15) is 17.2 Å². The number of nitrogens with zero attached hydrogens (tertiary/aromatic N) is 3. The Kier molecular flexibility index (Phi) is 5.98. The molecular formula is C23H18F2N4O3S. The van der Waals surface area contributed by atoms with E-state index in [0.29, 0.717) is 18.1 Å². The van der Waals surface area contributed by atoms with Crippen LogP contribution < -0.4 is 9.46 Å². The largest absolute Gasteiger partial charge is 0.480 e. The van der Waals surface area contributed by atoms with Crippen LogP contribution in [0.4, 0.5) is 14.5 Å². The molecule has 0 amide bonds. The SMILES string of the molecule is CCC#Cc1cnn2ccc(-c3cnc(OC)c(NS(=O)(=O)c4ccc(F)cc4F)c3)cc12. The Morgan fingerprint density at radius 3 is 2.67 bits per heavy atom. The lowest BCUT2D eigenvalue weighted by molar-refractivity contribution is 0.400. The van der Waals surface area contributed by atoms with Crippen molar-refractivity contribution >= 4 is 21.2 Å². The van der Waals surface area contributed by atoms with Gasteiger partial charge in [-0.2, -0.15) is 5.10 Å². The van der Waals surface area contributed by atoms with Crippen LogP contribution in [0, 0.1) is 23.5 Å². The average molecular weight is 468 g/mol. The molecule has 0 aliphatic carbocycles. The van der Waals surface area contributed by atoms with Crippen LogP contribution in [0.2, 0.25) is 0 Å². The lowest BCUT2D eigenvalue weighted by atomic mass is 10.1. The van der Waals surface area contributed by atoms with Gasteiger partial charge in [-0.15, -0.1) is 0 Å². The maximum atomic E-state index is 14.1. The monoisotopic (exact) mass is 468 g/mol. The molecule has 0 saturated heterocycles. The van der Waals surface area contributed by atoms with Crippen LogP contribution in [0.5, 0.6) is 5.88 Å². The molecule has 4 rings (SSSR count). The molecule has 0 fully saturated rings. The lowest BCUT2D eigenvalue weighted by Crippen LogP contribution is -2.15. The van der Waals surface area contributed by atoms with E-state index in [1.807, 2.05) is 13.0 Å². The number of halogens is 2. The van der Waals surface area contributed by atoms with Gasteiger partial charge in [0.2, 0.25) is 5.88 Å². The Bertz CT molecular complexity index is 1520. The zero-order chi connectivity index (χ0) is 23.6. The molecule has 168 valence electrons. The van der Waals surface area contributed by atoms with Gasteiger partial charge in [0, 0.05) is 30.4 Å². The zero-order valence-corrected chi connectivity index (χ0v) is 18.5. The Morgan fingerprint density at radius 1 is 1.12 bits per heavy atom. The summed E-state index contributed by atoms with van der Waals surface area (Å²) in [4.78, 5) is 3.48. The summed E-state index contributed by atoms with van der Waals surface area (Å²) in [5, 5.41) is 4.27. The Balaban J connectivity index is 1.76. The molecule has 33 heavy (non-hydrogen) atoms. The molecule has 0 spiro atoms. The minimum absolute atomic E-state index is 0.00176. The topological polar surface area (TPSA) is 85.6 Å². The number of aromatic nitrogens is 3. The van der Waals surface area contributed by atoms with Crippen molar-refractivity contribution < 1.29 is 21.9 Å². The molecule has 3 aromatic heterocycles. The summed E-state index contributed by atoms with van der Waals surface area (Å²) < 4.78 is 61.9. The highest BCUT2D eigenvalue weighted by Crippen LogP contribution is 2.31. The summed E-state index contributed by atoms with van der Waals surface area (Å²) in [6, 6.07) is 7.38. The van der Waals surface area contributed by atoms with E-state index in [4.69, 9.17) is 4.74 Å². The number of rotatable bonds is 5. The van der Waals surface area contributed by atoms with Crippen LogP contribution in [0.1, 0.15) is 18.9 Å². The first kappa shape index (κ1) is 22.2. The third-order valence-electron chi connectivity index (χ3n) is 4.73. The molecule has 3 heterocycles. The molecule has 1 aromatic carbocycles. The van der Waals surface area contributed by atoms with E-state index in [0.717, 1.165) is 28.8 Å². The van der Waals surface area contributed by atoms with Crippen molar-refractivity contribution in [1.82, 2.24) is 14.6 Å². The maximum Gasteiger partial charge on any atom is 0.264 e. The molecule has 10 heteroatoms. The predicted molar refractivity (Wildman–Crippen MR) is 119 cm³/mol. The molecule has 0 unspecified atom stereocenters. The van der Waals surface area contributed by atoms with Crippen molar-refractivity contribution in [2.24, 2.45) is 0 Å². The highest BCUT2D eigenvalue weighted by atomic mass is 32.2. The van der Waals surface area contributed by atoms with Gasteiger partial charge in [0.05, 0.1) is 24.4 Å². The standard InChI is InChI=1S/C23H18F2N4O3S/c1-3-4-5-16-14-27-29-9-8-15(11-21(16)29)17-10-20(23(32-2)26-13-17)28-33(30,31)22-7-6-18(24)12-19(22)25/h6-14,28H,3H2,1-2H3. The molecule has 0 bridgehead atoms. The van der Waals surface area contributed by atoms with E-state index in [1.54, 1.807) is 23.0 Å². The summed E-state index contributed by atoms with van der Waals surface area (Å²) in [7, 11) is -3.05. The van der Waals surface area contributed by atoms with Gasteiger partial charge >= 0.3 is 0 Å². The van der Waals surface area contributed by atoms with Crippen molar-refractivity contribution in [3.05, 3.63) is 72.2 Å². The number of ether oxygens (including phenoxy) is 1. The third kappa shape index (κ3) is 4.49. The molecule has 1 N–H and O–H groups in total. The first-order valence-corrected chi connectivity index (χ1v) is 11.3. The minimum Gasteiger partial charge on any atom is -0.480 e. The molecular weight excluding hydrogens is 450 g/mol. The number of hydrogen-bond acceptors (Lipinski definition) is 5. The van der Waals surface area contributed by atoms with E-state index in [-0.39, 0.29) is 11.6 Å². The van der Waals surface area contributed by atoms with Crippen molar-refractivity contribution in [2.45, 2.75) is 18.2 Å². The van der Waals surface area contributed by atoms with Crippen molar-refractivity contribution in [1.29, 1.82) is 0 Å². The molecule has 0 aliphatic rings. The third-order valence-corrected chi connectivity index (χ3v) is 6.13. The number of methoxy groups -OCH3 is 1. The van der Waals surface area contributed by atoms with E-state index in [2.05, 4.69) is 26.6 Å². The highest BCUT2D eigenvalue weighted by molar-refractivity contribution is 7.92. The second-order valence-electron chi connectivity index (χ2n) is 6.92. The lowest BCUT2D eigenvalue weighted by Gasteiger charge is -2.13. The first-order chi connectivity index (χ1) is 15.8. The number of anilines is 1. The highest BCUT2D eigenvalue weighted by Gasteiger charge is 2.22. The summed E-state index contributed by atoms with van der Waals surface area (Å²) in [6.07, 6.45) is 5.65. The second-order valence-corrected chi connectivity index (χ2v) is 8.57. The van der Waals surface area contributed by atoms with Gasteiger partial charge < -0.3 is 4.74 Å². The number of benzene rings is 1.